The fraction of sp³-hybridized carbons (Fsp3) is 0.520. The number of aryl methyl sites for hydroxylation is 1. The Bertz CT molecular complexity index is 704. The van der Waals surface area contributed by atoms with Crippen LogP contribution in [0.4, 0.5) is 5.69 Å². The van der Waals surface area contributed by atoms with Crippen LogP contribution in [0.5, 0.6) is 0 Å². The molecule has 2 N–H and O–H groups in total. The average Bonchev–Trinajstić information content (AvgIpc) is 2.66. The fourth-order valence-corrected chi connectivity index (χ4v) is 5.03. The summed E-state index contributed by atoms with van der Waals surface area (Å²) in [5, 5.41) is 0. The second-order valence-electron chi connectivity index (χ2n) is 8.21. The standard InChI is InChI=1S/C25H35N/c1-3-10-22-19-20(13-14-24(22)26)18-21-11-6-7-12-23(21)25(15-4-2)16-8-5-9-17-25/h6-7,11-14,19H,3-5,8-10,15-18,26H2,1-2H3. The Kier molecular flexibility index (Phi) is 6.40. The van der Waals surface area contributed by atoms with Crippen LogP contribution in [0.2, 0.25) is 0 Å². The van der Waals surface area contributed by atoms with Gasteiger partial charge in [-0.1, -0.05) is 82.3 Å². The summed E-state index contributed by atoms with van der Waals surface area (Å²) in [6, 6.07) is 15.9. The fourth-order valence-electron chi connectivity index (χ4n) is 5.03. The summed E-state index contributed by atoms with van der Waals surface area (Å²) in [6.07, 6.45) is 12.7. The molecule has 0 aromatic heterocycles. The van der Waals surface area contributed by atoms with Crippen LogP contribution in [0.25, 0.3) is 0 Å². The Hall–Kier alpha value is -1.76. The monoisotopic (exact) mass is 349 g/mol. The minimum Gasteiger partial charge on any atom is -0.399 e. The molecule has 1 aliphatic carbocycles. The Morgan fingerprint density at radius 1 is 0.885 bits per heavy atom. The lowest BCUT2D eigenvalue weighted by Crippen LogP contribution is -2.30. The molecule has 3 rings (SSSR count). The number of hydrogen-bond donors (Lipinski definition) is 1. The Morgan fingerprint density at radius 3 is 2.38 bits per heavy atom. The van der Waals surface area contributed by atoms with Gasteiger partial charge >= 0.3 is 0 Å². The van der Waals surface area contributed by atoms with E-state index in [1.165, 1.54) is 61.6 Å². The third kappa shape index (κ3) is 4.14. The molecule has 2 aromatic carbocycles. The molecular weight excluding hydrogens is 314 g/mol. The molecule has 0 atom stereocenters. The van der Waals surface area contributed by atoms with E-state index in [-0.39, 0.29) is 0 Å². The number of anilines is 1. The van der Waals surface area contributed by atoms with Gasteiger partial charge in [-0.05, 0) is 65.8 Å². The van der Waals surface area contributed by atoms with Gasteiger partial charge in [0.1, 0.15) is 0 Å². The van der Waals surface area contributed by atoms with Gasteiger partial charge in [0.15, 0.2) is 0 Å². The van der Waals surface area contributed by atoms with Crippen LogP contribution in [0, 0.1) is 0 Å². The van der Waals surface area contributed by atoms with Gasteiger partial charge in [-0.15, -0.1) is 0 Å². The molecule has 2 aromatic rings. The summed E-state index contributed by atoms with van der Waals surface area (Å²) in [4.78, 5) is 0. The van der Waals surface area contributed by atoms with Gasteiger partial charge in [0.05, 0.1) is 0 Å². The van der Waals surface area contributed by atoms with Gasteiger partial charge in [-0.3, -0.25) is 0 Å². The zero-order valence-corrected chi connectivity index (χ0v) is 16.7. The molecule has 1 fully saturated rings. The van der Waals surface area contributed by atoms with E-state index in [2.05, 4.69) is 56.3 Å². The van der Waals surface area contributed by atoms with E-state index in [9.17, 15) is 0 Å². The quantitative estimate of drug-likeness (QED) is 0.546. The van der Waals surface area contributed by atoms with E-state index in [1.54, 1.807) is 5.56 Å². The second kappa shape index (κ2) is 8.75. The zero-order chi connectivity index (χ0) is 18.4. The first-order chi connectivity index (χ1) is 12.7. The maximum absolute atomic E-state index is 6.18. The first-order valence-corrected chi connectivity index (χ1v) is 10.6. The van der Waals surface area contributed by atoms with Crippen LogP contribution in [-0.2, 0) is 18.3 Å². The first-order valence-electron chi connectivity index (χ1n) is 10.6. The molecule has 0 saturated heterocycles. The topological polar surface area (TPSA) is 26.0 Å². The highest BCUT2D eigenvalue weighted by atomic mass is 14.6. The highest BCUT2D eigenvalue weighted by Crippen LogP contribution is 2.44. The van der Waals surface area contributed by atoms with E-state index in [4.69, 9.17) is 5.73 Å². The van der Waals surface area contributed by atoms with E-state index < -0.39 is 0 Å². The van der Waals surface area contributed by atoms with Crippen molar-refractivity contribution in [2.45, 2.75) is 83.5 Å². The second-order valence-corrected chi connectivity index (χ2v) is 8.21. The van der Waals surface area contributed by atoms with Crippen molar-refractivity contribution in [3.63, 3.8) is 0 Å². The van der Waals surface area contributed by atoms with E-state index >= 15 is 0 Å². The SMILES string of the molecule is CCCc1cc(Cc2ccccc2C2(CCC)CCCCC2)ccc1N. The summed E-state index contributed by atoms with van der Waals surface area (Å²) in [7, 11) is 0. The number of benzene rings is 2. The number of nitrogen functional groups attached to an aromatic ring is 1. The highest BCUT2D eigenvalue weighted by molar-refractivity contribution is 5.50. The molecule has 1 nitrogen and oxygen atoms in total. The summed E-state index contributed by atoms with van der Waals surface area (Å²) in [6.45, 7) is 4.56. The lowest BCUT2D eigenvalue weighted by atomic mass is 9.65. The van der Waals surface area contributed by atoms with Gasteiger partial charge in [-0.2, -0.15) is 0 Å². The predicted molar refractivity (Wildman–Crippen MR) is 114 cm³/mol. The molecule has 1 aliphatic rings. The maximum atomic E-state index is 6.18. The molecule has 140 valence electrons. The summed E-state index contributed by atoms with van der Waals surface area (Å²) in [5.41, 5.74) is 13.4. The van der Waals surface area contributed by atoms with Crippen molar-refractivity contribution in [2.75, 3.05) is 5.73 Å². The molecule has 0 aliphatic heterocycles. The molecule has 0 radical (unpaired) electrons. The number of nitrogens with two attached hydrogens (primary N) is 1. The lowest BCUT2D eigenvalue weighted by Gasteiger charge is -2.39. The average molecular weight is 350 g/mol. The zero-order valence-electron chi connectivity index (χ0n) is 16.7. The van der Waals surface area contributed by atoms with Gasteiger partial charge in [0.2, 0.25) is 0 Å². The maximum Gasteiger partial charge on any atom is 0.0346 e. The predicted octanol–water partition coefficient (Wildman–Crippen LogP) is 6.81. The molecular formula is C25H35N. The van der Waals surface area contributed by atoms with Gasteiger partial charge < -0.3 is 5.73 Å². The molecule has 0 bridgehead atoms. The van der Waals surface area contributed by atoms with Gasteiger partial charge in [-0.25, -0.2) is 0 Å². The minimum absolute atomic E-state index is 0.406. The van der Waals surface area contributed by atoms with E-state index in [1.807, 2.05) is 0 Å². The van der Waals surface area contributed by atoms with Crippen molar-refractivity contribution in [1.82, 2.24) is 0 Å². The first kappa shape index (κ1) is 19.0. The van der Waals surface area contributed by atoms with Crippen molar-refractivity contribution in [3.05, 3.63) is 64.7 Å². The molecule has 0 amide bonds. The Balaban J connectivity index is 1.93. The van der Waals surface area contributed by atoms with Crippen LogP contribution in [0.3, 0.4) is 0 Å². The lowest BCUT2D eigenvalue weighted by molar-refractivity contribution is 0.270. The van der Waals surface area contributed by atoms with E-state index in [0.717, 1.165) is 24.9 Å². The van der Waals surface area contributed by atoms with Crippen molar-refractivity contribution < 1.29 is 0 Å². The van der Waals surface area contributed by atoms with Crippen LogP contribution >= 0.6 is 0 Å². The molecule has 0 unspecified atom stereocenters. The van der Waals surface area contributed by atoms with Crippen LogP contribution < -0.4 is 5.73 Å². The Morgan fingerprint density at radius 2 is 1.65 bits per heavy atom. The molecule has 0 spiro atoms. The third-order valence-electron chi connectivity index (χ3n) is 6.25. The number of rotatable bonds is 7. The molecule has 1 heteroatoms. The third-order valence-corrected chi connectivity index (χ3v) is 6.25. The molecule has 1 saturated carbocycles. The van der Waals surface area contributed by atoms with Gasteiger partial charge in [0.25, 0.3) is 0 Å². The number of hydrogen-bond acceptors (Lipinski definition) is 1. The smallest absolute Gasteiger partial charge is 0.0346 e. The van der Waals surface area contributed by atoms with Crippen LogP contribution in [-0.4, -0.2) is 0 Å². The summed E-state index contributed by atoms with van der Waals surface area (Å²) >= 11 is 0. The Labute approximate surface area is 160 Å². The normalized spacial score (nSPS) is 16.5. The van der Waals surface area contributed by atoms with Crippen molar-refractivity contribution in [2.24, 2.45) is 0 Å². The molecule has 26 heavy (non-hydrogen) atoms. The largest absolute Gasteiger partial charge is 0.399 e. The summed E-state index contributed by atoms with van der Waals surface area (Å²) in [5.74, 6) is 0. The van der Waals surface area contributed by atoms with Crippen molar-refractivity contribution in [3.8, 4) is 0 Å². The van der Waals surface area contributed by atoms with Crippen LogP contribution in [0.15, 0.2) is 42.5 Å². The highest BCUT2D eigenvalue weighted by Gasteiger charge is 2.34. The molecule has 0 heterocycles. The minimum atomic E-state index is 0.406. The summed E-state index contributed by atoms with van der Waals surface area (Å²) < 4.78 is 0. The van der Waals surface area contributed by atoms with Crippen LogP contribution in [0.1, 0.15) is 87.5 Å². The van der Waals surface area contributed by atoms with E-state index in [0.29, 0.717) is 5.41 Å². The van der Waals surface area contributed by atoms with Crippen molar-refractivity contribution in [1.29, 1.82) is 0 Å². The van der Waals surface area contributed by atoms with Gasteiger partial charge in [0, 0.05) is 5.69 Å². The van der Waals surface area contributed by atoms with Crippen molar-refractivity contribution >= 4 is 5.69 Å².